The lowest BCUT2D eigenvalue weighted by molar-refractivity contribution is 1.26. The van der Waals surface area contributed by atoms with Crippen LogP contribution >= 0.6 is 0 Å². The van der Waals surface area contributed by atoms with Gasteiger partial charge in [0.25, 0.3) is 0 Å². The summed E-state index contributed by atoms with van der Waals surface area (Å²) in [6.45, 7) is 0. The van der Waals surface area contributed by atoms with Crippen LogP contribution < -0.4 is 0 Å². The van der Waals surface area contributed by atoms with E-state index < -0.39 is 0 Å². The molecule has 0 unspecified atom stereocenters. The number of nitriles is 1. The van der Waals surface area contributed by atoms with Crippen molar-refractivity contribution in [3.8, 4) is 28.3 Å². The fraction of sp³-hybridized carbons (Fsp3) is 0. The second-order valence-corrected chi connectivity index (χ2v) is 4.48. The first-order chi connectivity index (χ1) is 9.86. The molecule has 2 nitrogen and oxygen atoms in total. The topological polar surface area (TPSA) is 36.7 Å². The van der Waals surface area contributed by atoms with Crippen LogP contribution in [-0.4, -0.2) is 4.98 Å². The fourth-order valence-electron chi connectivity index (χ4n) is 2.16. The van der Waals surface area contributed by atoms with Crippen molar-refractivity contribution >= 4 is 0 Å². The molecule has 0 N–H and O–H groups in total. The van der Waals surface area contributed by atoms with Gasteiger partial charge in [0.2, 0.25) is 0 Å². The lowest BCUT2D eigenvalue weighted by atomic mass is 10.0. The minimum atomic E-state index is 0.439. The summed E-state index contributed by atoms with van der Waals surface area (Å²) in [4.78, 5) is 3.99. The monoisotopic (exact) mass is 256 g/mol. The molecule has 0 bridgehead atoms. The van der Waals surface area contributed by atoms with Gasteiger partial charge in [0.05, 0.1) is 0 Å². The molecule has 3 rings (SSSR count). The van der Waals surface area contributed by atoms with Gasteiger partial charge in [0.15, 0.2) is 0 Å². The third-order valence-electron chi connectivity index (χ3n) is 3.20. The highest BCUT2D eigenvalue weighted by molar-refractivity contribution is 5.70. The van der Waals surface area contributed by atoms with Crippen molar-refractivity contribution in [1.29, 1.82) is 5.26 Å². The lowest BCUT2D eigenvalue weighted by Crippen LogP contribution is -1.84. The molecule has 0 saturated heterocycles. The summed E-state index contributed by atoms with van der Waals surface area (Å²) in [7, 11) is 0. The molecule has 0 spiro atoms. The maximum Gasteiger partial charge on any atom is 0.141 e. The smallest absolute Gasteiger partial charge is 0.141 e. The first kappa shape index (κ1) is 12.1. The first-order valence-corrected chi connectivity index (χ1v) is 6.39. The number of hydrogen-bond acceptors (Lipinski definition) is 2. The van der Waals surface area contributed by atoms with Crippen LogP contribution in [0.5, 0.6) is 0 Å². The summed E-state index contributed by atoms with van der Waals surface area (Å²) in [6, 6.07) is 24.4. The van der Waals surface area contributed by atoms with E-state index in [1.165, 1.54) is 11.1 Å². The minimum Gasteiger partial charge on any atom is -0.246 e. The van der Waals surface area contributed by atoms with Crippen molar-refractivity contribution in [2.24, 2.45) is 0 Å². The largest absolute Gasteiger partial charge is 0.246 e. The van der Waals surface area contributed by atoms with Crippen LogP contribution in [0.2, 0.25) is 0 Å². The summed E-state index contributed by atoms with van der Waals surface area (Å²) >= 11 is 0. The number of pyridine rings is 1. The second kappa shape index (κ2) is 5.38. The van der Waals surface area contributed by atoms with Crippen molar-refractivity contribution in [2.75, 3.05) is 0 Å². The fourth-order valence-corrected chi connectivity index (χ4v) is 2.16. The Morgan fingerprint density at radius 1 is 0.700 bits per heavy atom. The highest BCUT2D eigenvalue weighted by atomic mass is 14.7. The van der Waals surface area contributed by atoms with Crippen molar-refractivity contribution in [1.82, 2.24) is 4.98 Å². The molecule has 2 aromatic carbocycles. The summed E-state index contributed by atoms with van der Waals surface area (Å²) < 4.78 is 0. The minimum absolute atomic E-state index is 0.439. The third-order valence-corrected chi connectivity index (χ3v) is 3.20. The Hall–Kier alpha value is -2.92. The van der Waals surface area contributed by atoms with Gasteiger partial charge in [-0.2, -0.15) is 5.26 Å². The van der Waals surface area contributed by atoms with Crippen LogP contribution in [0.25, 0.3) is 22.3 Å². The van der Waals surface area contributed by atoms with E-state index in [1.54, 1.807) is 12.3 Å². The van der Waals surface area contributed by atoms with Gasteiger partial charge in [0, 0.05) is 6.20 Å². The zero-order valence-electron chi connectivity index (χ0n) is 10.8. The predicted octanol–water partition coefficient (Wildman–Crippen LogP) is 4.29. The molecule has 0 saturated carbocycles. The van der Waals surface area contributed by atoms with E-state index in [2.05, 4.69) is 47.5 Å². The average Bonchev–Trinajstić information content (AvgIpc) is 2.56. The highest BCUT2D eigenvalue weighted by Gasteiger charge is 2.01. The number of rotatable bonds is 2. The number of nitrogens with zero attached hydrogens (tertiary/aromatic N) is 2. The Bertz CT molecular complexity index is 753. The van der Waals surface area contributed by atoms with Gasteiger partial charge in [-0.05, 0) is 34.4 Å². The van der Waals surface area contributed by atoms with Gasteiger partial charge in [0.1, 0.15) is 11.8 Å². The summed E-state index contributed by atoms with van der Waals surface area (Å²) in [5.74, 6) is 0. The molecular formula is C18H12N2. The van der Waals surface area contributed by atoms with Crippen LogP contribution in [-0.2, 0) is 0 Å². The summed E-state index contributed by atoms with van der Waals surface area (Å²) in [5, 5.41) is 8.89. The standard InChI is InChI=1S/C18H12N2/c19-13-18-12-17(10-11-20-18)16-8-6-15(7-9-16)14-4-2-1-3-5-14/h1-12H. The molecule has 3 aromatic rings. The first-order valence-electron chi connectivity index (χ1n) is 6.39. The van der Waals surface area contributed by atoms with E-state index in [4.69, 9.17) is 5.26 Å². The maximum absolute atomic E-state index is 8.89. The molecule has 2 heteroatoms. The second-order valence-electron chi connectivity index (χ2n) is 4.48. The Balaban J connectivity index is 1.96. The van der Waals surface area contributed by atoms with Crippen molar-refractivity contribution in [3.05, 3.63) is 78.6 Å². The van der Waals surface area contributed by atoms with E-state index in [-0.39, 0.29) is 0 Å². The molecule has 0 aliphatic carbocycles. The zero-order chi connectivity index (χ0) is 13.8. The van der Waals surface area contributed by atoms with Gasteiger partial charge in [-0.25, -0.2) is 4.98 Å². The van der Waals surface area contributed by atoms with Crippen molar-refractivity contribution in [2.45, 2.75) is 0 Å². The van der Waals surface area contributed by atoms with Crippen LogP contribution in [0.3, 0.4) is 0 Å². The molecule has 0 fully saturated rings. The van der Waals surface area contributed by atoms with E-state index in [1.807, 2.05) is 24.3 Å². The highest BCUT2D eigenvalue weighted by Crippen LogP contribution is 2.24. The van der Waals surface area contributed by atoms with Crippen LogP contribution in [0.1, 0.15) is 5.69 Å². The van der Waals surface area contributed by atoms with Crippen LogP contribution in [0.4, 0.5) is 0 Å². The van der Waals surface area contributed by atoms with Crippen molar-refractivity contribution in [3.63, 3.8) is 0 Å². The lowest BCUT2D eigenvalue weighted by Gasteiger charge is -2.05. The molecule has 1 heterocycles. The molecule has 0 aliphatic heterocycles. The normalized spacial score (nSPS) is 9.95. The molecule has 0 aliphatic rings. The number of benzene rings is 2. The Morgan fingerprint density at radius 3 is 1.95 bits per heavy atom. The summed E-state index contributed by atoms with van der Waals surface area (Å²) in [6.07, 6.45) is 1.67. The van der Waals surface area contributed by atoms with E-state index >= 15 is 0 Å². The number of hydrogen-bond donors (Lipinski definition) is 0. The summed E-state index contributed by atoms with van der Waals surface area (Å²) in [5.41, 5.74) is 4.92. The number of aromatic nitrogens is 1. The van der Waals surface area contributed by atoms with Gasteiger partial charge in [-0.15, -0.1) is 0 Å². The average molecular weight is 256 g/mol. The quantitative estimate of drug-likeness (QED) is 0.686. The molecule has 0 atom stereocenters. The Labute approximate surface area is 118 Å². The third kappa shape index (κ3) is 2.43. The molecule has 0 radical (unpaired) electrons. The Kier molecular flexibility index (Phi) is 3.26. The van der Waals surface area contributed by atoms with Crippen LogP contribution in [0, 0.1) is 11.3 Å². The maximum atomic E-state index is 8.89. The zero-order valence-corrected chi connectivity index (χ0v) is 10.8. The Morgan fingerprint density at radius 2 is 1.30 bits per heavy atom. The van der Waals surface area contributed by atoms with Crippen LogP contribution in [0.15, 0.2) is 72.9 Å². The predicted molar refractivity (Wildman–Crippen MR) is 79.8 cm³/mol. The molecule has 1 aromatic heterocycles. The van der Waals surface area contributed by atoms with Crippen molar-refractivity contribution < 1.29 is 0 Å². The molecular weight excluding hydrogens is 244 g/mol. The van der Waals surface area contributed by atoms with E-state index in [0.717, 1.165) is 11.1 Å². The molecule has 0 amide bonds. The SMILES string of the molecule is N#Cc1cc(-c2ccc(-c3ccccc3)cc2)ccn1. The van der Waals surface area contributed by atoms with Gasteiger partial charge < -0.3 is 0 Å². The molecule has 20 heavy (non-hydrogen) atoms. The van der Waals surface area contributed by atoms with E-state index in [0.29, 0.717) is 5.69 Å². The van der Waals surface area contributed by atoms with E-state index in [9.17, 15) is 0 Å². The van der Waals surface area contributed by atoms with Gasteiger partial charge >= 0.3 is 0 Å². The van der Waals surface area contributed by atoms with Gasteiger partial charge in [-0.3, -0.25) is 0 Å². The van der Waals surface area contributed by atoms with Gasteiger partial charge in [-0.1, -0.05) is 54.6 Å². The molecule has 94 valence electrons.